The second-order valence-electron chi connectivity index (χ2n) is 4.69. The van der Waals surface area contributed by atoms with Gasteiger partial charge in [0.1, 0.15) is 0 Å². The maximum atomic E-state index is 12.1. The zero-order valence-electron chi connectivity index (χ0n) is 10.9. The first kappa shape index (κ1) is 13.2. The van der Waals surface area contributed by atoms with E-state index in [4.69, 9.17) is 4.84 Å². The van der Waals surface area contributed by atoms with Gasteiger partial charge in [-0.3, -0.25) is 0 Å². The van der Waals surface area contributed by atoms with Gasteiger partial charge in [0.05, 0.1) is 17.8 Å². The number of hydrogen-bond acceptors (Lipinski definition) is 3. The van der Waals surface area contributed by atoms with Gasteiger partial charge in [-0.1, -0.05) is 40.2 Å². The molecule has 0 saturated carbocycles. The molecule has 1 heterocycles. The van der Waals surface area contributed by atoms with Crippen LogP contribution in [0.3, 0.4) is 0 Å². The predicted molar refractivity (Wildman–Crippen MR) is 81.7 cm³/mol. The number of rotatable bonds is 2. The SMILES string of the molecule is O=C(ON1CCCc2c(Br)cccc21)c1ccccc1. The summed E-state index contributed by atoms with van der Waals surface area (Å²) >= 11 is 3.55. The molecule has 0 aliphatic carbocycles. The molecular formula is C16H14BrNO2. The first-order valence-corrected chi connectivity index (χ1v) is 7.37. The van der Waals surface area contributed by atoms with Gasteiger partial charge in [-0.25, -0.2) is 9.86 Å². The van der Waals surface area contributed by atoms with Crippen LogP contribution in [-0.2, 0) is 11.3 Å². The molecule has 1 aliphatic rings. The van der Waals surface area contributed by atoms with Gasteiger partial charge in [-0.05, 0) is 42.7 Å². The van der Waals surface area contributed by atoms with E-state index in [1.165, 1.54) is 5.56 Å². The van der Waals surface area contributed by atoms with Crippen LogP contribution in [0.2, 0.25) is 0 Å². The first-order valence-electron chi connectivity index (χ1n) is 6.58. The number of carbonyl (C=O) groups excluding carboxylic acids is 1. The minimum absolute atomic E-state index is 0.321. The lowest BCUT2D eigenvalue weighted by Crippen LogP contribution is -2.32. The highest BCUT2D eigenvalue weighted by Gasteiger charge is 2.22. The molecule has 3 rings (SSSR count). The number of hydroxylamine groups is 1. The van der Waals surface area contributed by atoms with E-state index in [9.17, 15) is 4.79 Å². The smallest absolute Gasteiger partial charge is 0.335 e. The van der Waals surface area contributed by atoms with Crippen molar-refractivity contribution in [1.29, 1.82) is 0 Å². The van der Waals surface area contributed by atoms with E-state index in [0.717, 1.165) is 29.5 Å². The highest BCUT2D eigenvalue weighted by Crippen LogP contribution is 2.33. The van der Waals surface area contributed by atoms with Crippen molar-refractivity contribution in [2.45, 2.75) is 12.8 Å². The van der Waals surface area contributed by atoms with E-state index in [1.807, 2.05) is 36.4 Å². The number of benzene rings is 2. The molecule has 2 aromatic rings. The highest BCUT2D eigenvalue weighted by atomic mass is 79.9. The monoisotopic (exact) mass is 331 g/mol. The summed E-state index contributed by atoms with van der Waals surface area (Å²) in [6.07, 6.45) is 1.97. The van der Waals surface area contributed by atoms with Gasteiger partial charge in [0.15, 0.2) is 0 Å². The lowest BCUT2D eigenvalue weighted by Gasteiger charge is -2.29. The van der Waals surface area contributed by atoms with Crippen molar-refractivity contribution in [3.05, 3.63) is 64.1 Å². The van der Waals surface area contributed by atoms with Gasteiger partial charge in [0.2, 0.25) is 0 Å². The molecule has 0 aromatic heterocycles. The van der Waals surface area contributed by atoms with Crippen LogP contribution in [0.1, 0.15) is 22.3 Å². The molecule has 1 aliphatic heterocycles. The fraction of sp³-hybridized carbons (Fsp3) is 0.188. The topological polar surface area (TPSA) is 29.5 Å². The predicted octanol–water partition coefficient (Wildman–Crippen LogP) is 3.97. The zero-order chi connectivity index (χ0) is 13.9. The Labute approximate surface area is 126 Å². The molecule has 0 bridgehead atoms. The summed E-state index contributed by atoms with van der Waals surface area (Å²) in [5, 5.41) is 1.69. The van der Waals surface area contributed by atoms with E-state index >= 15 is 0 Å². The molecule has 0 N–H and O–H groups in total. The Hall–Kier alpha value is -1.81. The second kappa shape index (κ2) is 5.67. The van der Waals surface area contributed by atoms with Crippen LogP contribution in [0.25, 0.3) is 0 Å². The van der Waals surface area contributed by atoms with Crippen molar-refractivity contribution >= 4 is 27.6 Å². The fourth-order valence-corrected chi connectivity index (χ4v) is 2.92. The minimum atomic E-state index is -0.321. The molecule has 2 aromatic carbocycles. The van der Waals surface area contributed by atoms with Crippen molar-refractivity contribution in [3.63, 3.8) is 0 Å². The Morgan fingerprint density at radius 1 is 1.10 bits per heavy atom. The van der Waals surface area contributed by atoms with Gasteiger partial charge in [0.25, 0.3) is 0 Å². The van der Waals surface area contributed by atoms with Crippen LogP contribution in [0.4, 0.5) is 5.69 Å². The van der Waals surface area contributed by atoms with Crippen LogP contribution < -0.4 is 5.06 Å². The van der Waals surface area contributed by atoms with Crippen molar-refractivity contribution in [2.75, 3.05) is 11.6 Å². The summed E-state index contributed by atoms with van der Waals surface area (Å²) in [7, 11) is 0. The summed E-state index contributed by atoms with van der Waals surface area (Å²) in [6.45, 7) is 0.724. The summed E-state index contributed by atoms with van der Waals surface area (Å²) in [4.78, 5) is 17.7. The Morgan fingerprint density at radius 3 is 2.70 bits per heavy atom. The largest absolute Gasteiger partial charge is 0.363 e. The average molecular weight is 332 g/mol. The summed E-state index contributed by atoms with van der Waals surface area (Å²) in [6, 6.07) is 15.0. The first-order chi connectivity index (χ1) is 9.75. The lowest BCUT2D eigenvalue weighted by molar-refractivity contribution is 0.0443. The lowest BCUT2D eigenvalue weighted by atomic mass is 10.0. The minimum Gasteiger partial charge on any atom is -0.335 e. The van der Waals surface area contributed by atoms with Crippen LogP contribution in [0.15, 0.2) is 53.0 Å². The van der Waals surface area contributed by atoms with Gasteiger partial charge >= 0.3 is 5.97 Å². The molecule has 0 radical (unpaired) electrons. The van der Waals surface area contributed by atoms with Crippen LogP contribution in [-0.4, -0.2) is 12.5 Å². The number of nitrogens with zero attached hydrogens (tertiary/aromatic N) is 1. The van der Waals surface area contributed by atoms with E-state index in [0.29, 0.717) is 5.56 Å². The van der Waals surface area contributed by atoms with Gasteiger partial charge in [-0.2, -0.15) is 0 Å². The molecule has 3 nitrogen and oxygen atoms in total. The molecule has 0 fully saturated rings. The average Bonchev–Trinajstić information content (AvgIpc) is 2.49. The Balaban J connectivity index is 1.84. The Bertz CT molecular complexity index is 628. The van der Waals surface area contributed by atoms with Crippen molar-refractivity contribution < 1.29 is 9.63 Å². The fourth-order valence-electron chi connectivity index (χ4n) is 2.37. The van der Waals surface area contributed by atoms with Crippen LogP contribution in [0.5, 0.6) is 0 Å². The normalized spacial score (nSPS) is 13.8. The van der Waals surface area contributed by atoms with Crippen LogP contribution in [0, 0.1) is 0 Å². The molecular weight excluding hydrogens is 318 g/mol. The molecule has 4 heteroatoms. The third kappa shape index (κ3) is 2.56. The van der Waals surface area contributed by atoms with Crippen LogP contribution >= 0.6 is 15.9 Å². The maximum Gasteiger partial charge on any atom is 0.363 e. The van der Waals surface area contributed by atoms with Gasteiger partial charge in [0, 0.05) is 4.47 Å². The van der Waals surface area contributed by atoms with Crippen molar-refractivity contribution in [2.24, 2.45) is 0 Å². The van der Waals surface area contributed by atoms with E-state index in [1.54, 1.807) is 17.2 Å². The van der Waals surface area contributed by atoms with Crippen molar-refractivity contribution in [3.8, 4) is 0 Å². The summed E-state index contributed by atoms with van der Waals surface area (Å²) in [5.74, 6) is -0.321. The quantitative estimate of drug-likeness (QED) is 0.833. The van der Waals surface area contributed by atoms with Crippen molar-refractivity contribution in [1.82, 2.24) is 0 Å². The third-order valence-electron chi connectivity index (χ3n) is 3.35. The molecule has 0 unspecified atom stereocenters. The number of hydrogen-bond donors (Lipinski definition) is 0. The zero-order valence-corrected chi connectivity index (χ0v) is 12.5. The summed E-state index contributed by atoms with van der Waals surface area (Å²) < 4.78 is 1.07. The summed E-state index contributed by atoms with van der Waals surface area (Å²) in [5.41, 5.74) is 2.73. The standard InChI is InChI=1S/C16H14BrNO2/c17-14-9-4-10-15-13(14)8-5-11-18(15)20-16(19)12-6-2-1-3-7-12/h1-4,6-7,9-10H,5,8,11H2. The number of carbonyl (C=O) groups is 1. The highest BCUT2D eigenvalue weighted by molar-refractivity contribution is 9.10. The number of fused-ring (bicyclic) bond motifs is 1. The van der Waals surface area contributed by atoms with Gasteiger partial charge < -0.3 is 4.84 Å². The van der Waals surface area contributed by atoms with Gasteiger partial charge in [-0.15, -0.1) is 0 Å². The maximum absolute atomic E-state index is 12.1. The number of halogens is 1. The molecule has 20 heavy (non-hydrogen) atoms. The molecule has 0 atom stereocenters. The number of anilines is 1. The molecule has 102 valence electrons. The van der Waals surface area contributed by atoms with E-state index < -0.39 is 0 Å². The second-order valence-corrected chi connectivity index (χ2v) is 5.54. The Kier molecular flexibility index (Phi) is 3.74. The molecule has 0 spiro atoms. The van der Waals surface area contributed by atoms with E-state index in [-0.39, 0.29) is 5.97 Å². The van der Waals surface area contributed by atoms with E-state index in [2.05, 4.69) is 15.9 Å². The molecule has 0 saturated heterocycles. The third-order valence-corrected chi connectivity index (χ3v) is 4.10. The molecule has 0 amide bonds. The Morgan fingerprint density at radius 2 is 1.90 bits per heavy atom.